The third-order valence-electron chi connectivity index (χ3n) is 7.53. The first-order valence-corrected chi connectivity index (χ1v) is 12.6. The van der Waals surface area contributed by atoms with Crippen molar-refractivity contribution in [3.63, 3.8) is 0 Å². The fraction of sp³-hybridized carbons (Fsp3) is 0.0882. The minimum atomic E-state index is -0.150. The lowest BCUT2D eigenvalue weighted by Crippen LogP contribution is -2.15. The molecule has 0 fully saturated rings. The second kappa shape index (κ2) is 8.21. The van der Waals surface area contributed by atoms with Gasteiger partial charge in [-0.3, -0.25) is 4.98 Å². The van der Waals surface area contributed by atoms with E-state index in [2.05, 4.69) is 85.6 Å². The second-order valence-corrected chi connectivity index (χ2v) is 10.1. The number of hydrogen-bond donors (Lipinski definition) is 0. The molecule has 1 aliphatic rings. The monoisotopic (exact) mass is 475 g/mol. The van der Waals surface area contributed by atoms with Crippen molar-refractivity contribution >= 4 is 11.0 Å². The van der Waals surface area contributed by atoms with E-state index in [1.807, 2.05) is 48.7 Å². The van der Waals surface area contributed by atoms with E-state index < -0.39 is 0 Å². The summed E-state index contributed by atoms with van der Waals surface area (Å²) in [7, 11) is 0. The molecule has 2 heterocycles. The van der Waals surface area contributed by atoms with Gasteiger partial charge in [-0.1, -0.05) is 86.6 Å². The van der Waals surface area contributed by atoms with Crippen molar-refractivity contribution in [2.24, 2.45) is 0 Å². The van der Waals surface area contributed by atoms with Gasteiger partial charge in [0, 0.05) is 28.3 Å². The lowest BCUT2D eigenvalue weighted by Gasteiger charge is -2.22. The Hall–Kier alpha value is -4.63. The Labute approximate surface area is 216 Å². The zero-order chi connectivity index (χ0) is 25.0. The van der Waals surface area contributed by atoms with E-state index in [0.29, 0.717) is 0 Å². The second-order valence-electron chi connectivity index (χ2n) is 10.1. The number of benzene rings is 4. The SMILES string of the molecule is CC1(C)c2cc(-c3ccccn3)ccc2-c2ccc(-c3nc4ccccc4nc3-c3ccccc3)cc21. The van der Waals surface area contributed by atoms with E-state index in [9.17, 15) is 0 Å². The molecular formula is C34H25N3. The van der Waals surface area contributed by atoms with Crippen molar-refractivity contribution in [1.82, 2.24) is 15.0 Å². The summed E-state index contributed by atoms with van der Waals surface area (Å²) in [6.45, 7) is 4.63. The largest absolute Gasteiger partial charge is 0.256 e. The van der Waals surface area contributed by atoms with Crippen molar-refractivity contribution in [3.8, 4) is 44.9 Å². The molecule has 0 atom stereocenters. The molecule has 0 radical (unpaired) electrons. The van der Waals surface area contributed by atoms with Gasteiger partial charge in [0.1, 0.15) is 0 Å². The molecule has 0 bridgehead atoms. The lowest BCUT2D eigenvalue weighted by atomic mass is 9.81. The van der Waals surface area contributed by atoms with E-state index in [1.165, 1.54) is 22.3 Å². The summed E-state index contributed by atoms with van der Waals surface area (Å²) >= 11 is 0. The summed E-state index contributed by atoms with van der Waals surface area (Å²) in [6.07, 6.45) is 1.85. The number of rotatable bonds is 3. The van der Waals surface area contributed by atoms with E-state index in [-0.39, 0.29) is 5.41 Å². The van der Waals surface area contributed by atoms with Gasteiger partial charge in [0.05, 0.1) is 28.1 Å². The summed E-state index contributed by atoms with van der Waals surface area (Å²) in [5.74, 6) is 0. The average molecular weight is 476 g/mol. The highest BCUT2D eigenvalue weighted by molar-refractivity contribution is 5.89. The number of para-hydroxylation sites is 2. The molecule has 0 saturated heterocycles. The van der Waals surface area contributed by atoms with Crippen LogP contribution in [0.3, 0.4) is 0 Å². The fourth-order valence-corrected chi connectivity index (χ4v) is 5.58. The molecule has 1 aliphatic carbocycles. The first-order valence-electron chi connectivity index (χ1n) is 12.6. The molecule has 7 rings (SSSR count). The Morgan fingerprint density at radius 1 is 0.514 bits per heavy atom. The van der Waals surface area contributed by atoms with Crippen molar-refractivity contribution in [1.29, 1.82) is 0 Å². The van der Waals surface area contributed by atoms with E-state index >= 15 is 0 Å². The van der Waals surface area contributed by atoms with Gasteiger partial charge in [-0.05, 0) is 58.7 Å². The van der Waals surface area contributed by atoms with E-state index in [0.717, 1.165) is 44.8 Å². The van der Waals surface area contributed by atoms with Crippen molar-refractivity contribution < 1.29 is 0 Å². The number of fused-ring (bicyclic) bond motifs is 4. The standard InChI is InChI=1S/C34H25N3/c1-34(2)27-20-23(29-12-8-9-19-35-29)15-17-25(27)26-18-16-24(21-28(26)34)33-32(22-10-4-3-5-11-22)36-30-13-6-7-14-31(30)37-33/h3-21H,1-2H3. The summed E-state index contributed by atoms with van der Waals surface area (Å²) in [4.78, 5) is 14.8. The molecule has 0 amide bonds. The third kappa shape index (κ3) is 3.47. The van der Waals surface area contributed by atoms with Gasteiger partial charge in [0.25, 0.3) is 0 Å². The van der Waals surface area contributed by atoms with Crippen LogP contribution in [0.5, 0.6) is 0 Å². The van der Waals surface area contributed by atoms with Gasteiger partial charge in [0.15, 0.2) is 0 Å². The Morgan fingerprint density at radius 3 is 1.73 bits per heavy atom. The molecule has 176 valence electrons. The molecule has 3 heteroatoms. The van der Waals surface area contributed by atoms with Gasteiger partial charge >= 0.3 is 0 Å². The Balaban J connectivity index is 1.40. The summed E-state index contributed by atoms with van der Waals surface area (Å²) in [6, 6.07) is 38.0. The van der Waals surface area contributed by atoms with Gasteiger partial charge in [-0.2, -0.15) is 0 Å². The molecule has 0 N–H and O–H groups in total. The van der Waals surface area contributed by atoms with Crippen LogP contribution in [0.15, 0.2) is 115 Å². The number of nitrogens with zero attached hydrogens (tertiary/aromatic N) is 3. The number of hydrogen-bond acceptors (Lipinski definition) is 3. The molecule has 4 aromatic carbocycles. The van der Waals surface area contributed by atoms with Gasteiger partial charge < -0.3 is 0 Å². The maximum atomic E-state index is 5.13. The van der Waals surface area contributed by atoms with Crippen LogP contribution in [0.25, 0.3) is 55.9 Å². The van der Waals surface area contributed by atoms with Crippen LogP contribution < -0.4 is 0 Å². The molecule has 6 aromatic rings. The Bertz CT molecular complexity index is 1790. The first kappa shape index (κ1) is 21.6. The van der Waals surface area contributed by atoms with Crippen molar-refractivity contribution in [3.05, 3.63) is 127 Å². The molecule has 0 saturated carbocycles. The third-order valence-corrected chi connectivity index (χ3v) is 7.53. The van der Waals surface area contributed by atoms with Crippen LogP contribution in [-0.4, -0.2) is 15.0 Å². The predicted molar refractivity (Wildman–Crippen MR) is 151 cm³/mol. The van der Waals surface area contributed by atoms with Crippen molar-refractivity contribution in [2.45, 2.75) is 19.3 Å². The normalized spacial score (nSPS) is 13.4. The smallest absolute Gasteiger partial charge is 0.0973 e. The molecule has 2 aromatic heterocycles. The lowest BCUT2D eigenvalue weighted by molar-refractivity contribution is 0.661. The molecule has 37 heavy (non-hydrogen) atoms. The van der Waals surface area contributed by atoms with Gasteiger partial charge in [-0.25, -0.2) is 9.97 Å². The maximum Gasteiger partial charge on any atom is 0.0973 e. The number of aromatic nitrogens is 3. The Kier molecular flexibility index (Phi) is 4.80. The highest BCUT2D eigenvalue weighted by Crippen LogP contribution is 2.50. The zero-order valence-corrected chi connectivity index (χ0v) is 20.8. The first-order chi connectivity index (χ1) is 18.1. The molecule has 0 spiro atoms. The van der Waals surface area contributed by atoms with Crippen LogP contribution in [-0.2, 0) is 5.41 Å². The zero-order valence-electron chi connectivity index (χ0n) is 20.8. The topological polar surface area (TPSA) is 38.7 Å². The molecule has 3 nitrogen and oxygen atoms in total. The quantitative estimate of drug-likeness (QED) is 0.258. The average Bonchev–Trinajstić information content (AvgIpc) is 3.18. The van der Waals surface area contributed by atoms with Crippen molar-refractivity contribution in [2.75, 3.05) is 0 Å². The van der Waals surface area contributed by atoms with Crippen LogP contribution in [0.4, 0.5) is 0 Å². The molecule has 0 unspecified atom stereocenters. The van der Waals surface area contributed by atoms with Crippen LogP contribution in [0, 0.1) is 0 Å². The van der Waals surface area contributed by atoms with Crippen LogP contribution in [0.1, 0.15) is 25.0 Å². The van der Waals surface area contributed by atoms with E-state index in [4.69, 9.17) is 9.97 Å². The molecule has 0 aliphatic heterocycles. The summed E-state index contributed by atoms with van der Waals surface area (Å²) in [5.41, 5.74) is 13.0. The summed E-state index contributed by atoms with van der Waals surface area (Å²) in [5, 5.41) is 0. The van der Waals surface area contributed by atoms with Gasteiger partial charge in [0.2, 0.25) is 0 Å². The minimum Gasteiger partial charge on any atom is -0.256 e. The Morgan fingerprint density at radius 2 is 1.08 bits per heavy atom. The minimum absolute atomic E-state index is 0.150. The summed E-state index contributed by atoms with van der Waals surface area (Å²) < 4.78 is 0. The van der Waals surface area contributed by atoms with Crippen LogP contribution in [0.2, 0.25) is 0 Å². The molecular weight excluding hydrogens is 450 g/mol. The fourth-order valence-electron chi connectivity index (χ4n) is 5.58. The highest BCUT2D eigenvalue weighted by Gasteiger charge is 2.36. The predicted octanol–water partition coefficient (Wildman–Crippen LogP) is 8.33. The maximum absolute atomic E-state index is 5.13. The number of pyridine rings is 1. The van der Waals surface area contributed by atoms with Crippen LogP contribution >= 0.6 is 0 Å². The van der Waals surface area contributed by atoms with Gasteiger partial charge in [-0.15, -0.1) is 0 Å². The van der Waals surface area contributed by atoms with E-state index in [1.54, 1.807) is 0 Å². The highest BCUT2D eigenvalue weighted by atomic mass is 14.8.